The number of halogens is 1. The molecule has 0 saturated carbocycles. The van der Waals surface area contributed by atoms with Crippen LogP contribution >= 0.6 is 11.6 Å². The van der Waals surface area contributed by atoms with Crippen LogP contribution in [0.3, 0.4) is 0 Å². The summed E-state index contributed by atoms with van der Waals surface area (Å²) < 4.78 is 0. The average molecular weight is 277 g/mol. The van der Waals surface area contributed by atoms with Crippen LogP contribution < -0.4 is 4.90 Å². The number of benzene rings is 1. The summed E-state index contributed by atoms with van der Waals surface area (Å²) in [6.45, 7) is 2.41. The van der Waals surface area contributed by atoms with Gasteiger partial charge in [-0.05, 0) is 36.8 Å². The van der Waals surface area contributed by atoms with Crippen LogP contribution in [0.1, 0.15) is 24.3 Å². The number of pyridine rings is 1. The minimum absolute atomic E-state index is 0.507. The maximum absolute atomic E-state index is 9.53. The molecule has 0 saturated heterocycles. The quantitative estimate of drug-likeness (QED) is 0.929. The number of aliphatic hydroxyl groups is 1. The lowest BCUT2D eigenvalue weighted by molar-refractivity contribution is 0.199. The van der Waals surface area contributed by atoms with Crippen LogP contribution in [0.2, 0.25) is 5.02 Å². The van der Waals surface area contributed by atoms with Gasteiger partial charge in [-0.2, -0.15) is 0 Å². The van der Waals surface area contributed by atoms with E-state index < -0.39 is 6.10 Å². The first kappa shape index (κ1) is 13.8. The minimum Gasteiger partial charge on any atom is -0.389 e. The normalized spacial score (nSPS) is 12.2. The fourth-order valence-corrected chi connectivity index (χ4v) is 2.25. The Labute approximate surface area is 118 Å². The Kier molecular flexibility index (Phi) is 4.40. The lowest BCUT2D eigenvalue weighted by Gasteiger charge is -2.21. The zero-order valence-corrected chi connectivity index (χ0v) is 11.8. The van der Waals surface area contributed by atoms with Gasteiger partial charge in [0.05, 0.1) is 29.1 Å². The van der Waals surface area contributed by atoms with Gasteiger partial charge in [0.2, 0.25) is 0 Å². The van der Waals surface area contributed by atoms with Crippen molar-refractivity contribution in [3.8, 4) is 0 Å². The van der Waals surface area contributed by atoms with Gasteiger partial charge in [0, 0.05) is 13.2 Å². The first-order valence-electron chi connectivity index (χ1n) is 6.16. The van der Waals surface area contributed by atoms with Crippen LogP contribution in [0.4, 0.5) is 5.69 Å². The van der Waals surface area contributed by atoms with E-state index in [4.69, 9.17) is 11.6 Å². The van der Waals surface area contributed by atoms with Gasteiger partial charge in [-0.3, -0.25) is 4.98 Å². The van der Waals surface area contributed by atoms with Gasteiger partial charge in [0.15, 0.2) is 0 Å². The molecule has 1 atom stereocenters. The zero-order chi connectivity index (χ0) is 13.8. The second-order valence-corrected chi connectivity index (χ2v) is 4.97. The molecule has 0 radical (unpaired) electrons. The molecule has 4 heteroatoms. The van der Waals surface area contributed by atoms with E-state index in [1.54, 1.807) is 19.2 Å². The van der Waals surface area contributed by atoms with Gasteiger partial charge >= 0.3 is 0 Å². The van der Waals surface area contributed by atoms with Crippen LogP contribution in [-0.4, -0.2) is 17.1 Å². The molecule has 2 rings (SSSR count). The van der Waals surface area contributed by atoms with Gasteiger partial charge in [-0.15, -0.1) is 0 Å². The van der Waals surface area contributed by atoms with Crippen LogP contribution in [0.5, 0.6) is 0 Å². The molecule has 0 fully saturated rings. The van der Waals surface area contributed by atoms with Crippen LogP contribution in [-0.2, 0) is 6.54 Å². The predicted octanol–water partition coefficient (Wildman–Crippen LogP) is 3.42. The second kappa shape index (κ2) is 6.04. The Morgan fingerprint density at radius 2 is 2.11 bits per heavy atom. The molecule has 0 spiro atoms. The number of rotatable bonds is 4. The van der Waals surface area contributed by atoms with E-state index in [0.717, 1.165) is 16.9 Å². The number of aromatic nitrogens is 1. The third-order valence-corrected chi connectivity index (χ3v) is 3.29. The first-order chi connectivity index (χ1) is 9.08. The highest BCUT2D eigenvalue weighted by atomic mass is 35.5. The molecule has 0 aliphatic carbocycles. The van der Waals surface area contributed by atoms with Gasteiger partial charge in [-0.1, -0.05) is 23.7 Å². The van der Waals surface area contributed by atoms with E-state index in [1.165, 1.54) is 0 Å². The third kappa shape index (κ3) is 3.46. The summed E-state index contributed by atoms with van der Waals surface area (Å²) in [7, 11) is 1.97. The fraction of sp³-hybridized carbons (Fsp3) is 0.267. The number of hydrogen-bond acceptors (Lipinski definition) is 3. The maximum atomic E-state index is 9.53. The molecule has 0 aliphatic heterocycles. The molecule has 1 N–H and O–H groups in total. The van der Waals surface area contributed by atoms with E-state index >= 15 is 0 Å². The Hall–Kier alpha value is -1.58. The zero-order valence-electron chi connectivity index (χ0n) is 11.0. The highest BCUT2D eigenvalue weighted by Gasteiger charge is 2.10. The van der Waals surface area contributed by atoms with Crippen molar-refractivity contribution in [1.29, 1.82) is 0 Å². The molecule has 0 amide bonds. The summed E-state index contributed by atoms with van der Waals surface area (Å²) in [5.41, 5.74) is 2.73. The summed E-state index contributed by atoms with van der Waals surface area (Å²) >= 11 is 6.26. The predicted molar refractivity (Wildman–Crippen MR) is 78.4 cm³/mol. The van der Waals surface area contributed by atoms with Gasteiger partial charge in [0.25, 0.3) is 0 Å². The second-order valence-electron chi connectivity index (χ2n) is 4.56. The number of nitrogens with zero attached hydrogens (tertiary/aromatic N) is 2. The van der Waals surface area contributed by atoms with Crippen LogP contribution in [0.15, 0.2) is 42.6 Å². The van der Waals surface area contributed by atoms with Crippen molar-refractivity contribution in [2.24, 2.45) is 0 Å². The molecule has 0 aliphatic rings. The molecule has 100 valence electrons. The van der Waals surface area contributed by atoms with Crippen LogP contribution in [0.25, 0.3) is 0 Å². The molecule has 1 aromatic carbocycles. The monoisotopic (exact) mass is 276 g/mol. The van der Waals surface area contributed by atoms with Gasteiger partial charge < -0.3 is 10.0 Å². The number of aliphatic hydroxyl groups excluding tert-OH is 1. The van der Waals surface area contributed by atoms with Crippen molar-refractivity contribution in [2.45, 2.75) is 19.6 Å². The van der Waals surface area contributed by atoms with E-state index in [2.05, 4.69) is 4.98 Å². The molecular formula is C15H17ClN2O. The fourth-order valence-electron chi connectivity index (χ4n) is 1.91. The summed E-state index contributed by atoms with van der Waals surface area (Å²) in [6, 6.07) is 11.5. The Morgan fingerprint density at radius 1 is 1.32 bits per heavy atom. The number of anilines is 1. The maximum Gasteiger partial charge on any atom is 0.0762 e. The van der Waals surface area contributed by atoms with Crippen molar-refractivity contribution in [3.63, 3.8) is 0 Å². The SMILES string of the molecule is C[C@H](O)c1ccc(N(C)Cc2ccccn2)c(Cl)c1. The highest BCUT2D eigenvalue weighted by Crippen LogP contribution is 2.29. The molecule has 0 bridgehead atoms. The molecular weight excluding hydrogens is 260 g/mol. The molecule has 19 heavy (non-hydrogen) atoms. The molecule has 2 aromatic rings. The average Bonchev–Trinajstić information content (AvgIpc) is 2.39. The molecule has 3 nitrogen and oxygen atoms in total. The van der Waals surface area contributed by atoms with E-state index in [0.29, 0.717) is 11.6 Å². The lowest BCUT2D eigenvalue weighted by Crippen LogP contribution is -2.17. The molecule has 1 aromatic heterocycles. The van der Waals surface area contributed by atoms with E-state index in [1.807, 2.05) is 42.3 Å². The summed E-state index contributed by atoms with van der Waals surface area (Å²) in [5.74, 6) is 0. The Morgan fingerprint density at radius 3 is 2.68 bits per heavy atom. The standard InChI is InChI=1S/C15H17ClN2O/c1-11(19)12-6-7-15(14(16)9-12)18(2)10-13-5-3-4-8-17-13/h3-9,11,19H,10H2,1-2H3/t11-/m0/s1. The van der Waals surface area contributed by atoms with E-state index in [9.17, 15) is 5.11 Å². The number of hydrogen-bond donors (Lipinski definition) is 1. The largest absolute Gasteiger partial charge is 0.389 e. The topological polar surface area (TPSA) is 36.4 Å². The summed E-state index contributed by atoms with van der Waals surface area (Å²) in [4.78, 5) is 6.33. The van der Waals surface area contributed by atoms with Crippen molar-refractivity contribution in [1.82, 2.24) is 4.98 Å². The summed E-state index contributed by atoms with van der Waals surface area (Å²) in [6.07, 6.45) is 1.27. The van der Waals surface area contributed by atoms with Gasteiger partial charge in [0.1, 0.15) is 0 Å². The highest BCUT2D eigenvalue weighted by molar-refractivity contribution is 6.33. The van der Waals surface area contributed by atoms with Crippen LogP contribution in [0, 0.1) is 0 Å². The van der Waals surface area contributed by atoms with Crippen molar-refractivity contribution in [2.75, 3.05) is 11.9 Å². The molecule has 1 heterocycles. The van der Waals surface area contributed by atoms with E-state index in [-0.39, 0.29) is 0 Å². The summed E-state index contributed by atoms with van der Waals surface area (Å²) in [5, 5.41) is 10.2. The van der Waals surface area contributed by atoms with Crippen molar-refractivity contribution >= 4 is 17.3 Å². The minimum atomic E-state index is -0.507. The lowest BCUT2D eigenvalue weighted by atomic mass is 10.1. The Balaban J connectivity index is 2.17. The van der Waals surface area contributed by atoms with Crippen molar-refractivity contribution in [3.05, 3.63) is 58.9 Å². The Bertz CT molecular complexity index is 543. The molecule has 0 unspecified atom stereocenters. The smallest absolute Gasteiger partial charge is 0.0762 e. The third-order valence-electron chi connectivity index (χ3n) is 2.99. The first-order valence-corrected chi connectivity index (χ1v) is 6.54. The van der Waals surface area contributed by atoms with Crippen molar-refractivity contribution < 1.29 is 5.11 Å². The van der Waals surface area contributed by atoms with Gasteiger partial charge in [-0.25, -0.2) is 0 Å².